The molecule has 2 aromatic carbocycles. The van der Waals surface area contributed by atoms with E-state index in [4.69, 9.17) is 4.74 Å². The molecule has 1 heterocycles. The van der Waals surface area contributed by atoms with E-state index in [2.05, 4.69) is 69.3 Å². The summed E-state index contributed by atoms with van der Waals surface area (Å²) in [6.07, 6.45) is 5.35. The highest BCUT2D eigenvalue weighted by molar-refractivity contribution is 5.58. The number of hydrogen-bond acceptors (Lipinski definition) is 1. The molecule has 102 valence electrons. The third kappa shape index (κ3) is 1.94. The molecule has 0 spiro atoms. The maximum absolute atomic E-state index is 6.08. The molecule has 1 unspecified atom stereocenters. The van der Waals surface area contributed by atoms with Gasteiger partial charge >= 0.3 is 0 Å². The fourth-order valence-corrected chi connectivity index (χ4v) is 3.01. The van der Waals surface area contributed by atoms with E-state index in [-0.39, 0.29) is 5.41 Å². The van der Waals surface area contributed by atoms with Crippen LogP contribution in [-0.4, -0.2) is 0 Å². The molecule has 1 aliphatic heterocycles. The predicted molar refractivity (Wildman–Crippen MR) is 83.6 cm³/mol. The molecule has 20 heavy (non-hydrogen) atoms. The van der Waals surface area contributed by atoms with Crippen LogP contribution in [0.2, 0.25) is 0 Å². The van der Waals surface area contributed by atoms with Crippen LogP contribution >= 0.6 is 0 Å². The fourth-order valence-electron chi connectivity index (χ4n) is 3.01. The quantitative estimate of drug-likeness (QED) is 0.662. The van der Waals surface area contributed by atoms with Crippen LogP contribution in [0.15, 0.2) is 54.6 Å². The molecular formula is C19H20O. The van der Waals surface area contributed by atoms with E-state index in [1.54, 1.807) is 0 Å². The SMILES string of the molecule is C/C=C\CC1(C)c2ccccc2Oc2ccc(C)cc21. The Kier molecular flexibility index (Phi) is 3.13. The second-order valence-electron chi connectivity index (χ2n) is 5.70. The molecule has 2 aromatic rings. The highest BCUT2D eigenvalue weighted by atomic mass is 16.5. The van der Waals surface area contributed by atoms with Crippen LogP contribution in [0.5, 0.6) is 11.5 Å². The van der Waals surface area contributed by atoms with Crippen molar-refractivity contribution in [2.24, 2.45) is 0 Å². The van der Waals surface area contributed by atoms with Crippen molar-refractivity contribution in [1.29, 1.82) is 0 Å². The topological polar surface area (TPSA) is 9.23 Å². The van der Waals surface area contributed by atoms with Crippen LogP contribution < -0.4 is 4.74 Å². The van der Waals surface area contributed by atoms with Gasteiger partial charge in [-0.2, -0.15) is 0 Å². The van der Waals surface area contributed by atoms with Crippen LogP contribution in [0.25, 0.3) is 0 Å². The van der Waals surface area contributed by atoms with E-state index in [0.717, 1.165) is 17.9 Å². The summed E-state index contributed by atoms with van der Waals surface area (Å²) < 4.78 is 6.08. The highest BCUT2D eigenvalue weighted by Gasteiger charge is 2.36. The van der Waals surface area contributed by atoms with E-state index in [0.29, 0.717) is 0 Å². The van der Waals surface area contributed by atoms with Crippen LogP contribution in [0.4, 0.5) is 0 Å². The van der Waals surface area contributed by atoms with Crippen molar-refractivity contribution in [2.45, 2.75) is 32.6 Å². The Morgan fingerprint density at radius 3 is 2.60 bits per heavy atom. The number of rotatable bonds is 2. The Morgan fingerprint density at radius 2 is 1.80 bits per heavy atom. The summed E-state index contributed by atoms with van der Waals surface area (Å²) in [5, 5.41) is 0. The lowest BCUT2D eigenvalue weighted by Crippen LogP contribution is -2.27. The number of fused-ring (bicyclic) bond motifs is 2. The van der Waals surface area contributed by atoms with Gasteiger partial charge in [0.25, 0.3) is 0 Å². The number of benzene rings is 2. The summed E-state index contributed by atoms with van der Waals surface area (Å²) in [6.45, 7) is 6.52. The molecule has 1 aliphatic rings. The lowest BCUT2D eigenvalue weighted by atomic mass is 9.71. The number of para-hydroxylation sites is 1. The third-order valence-electron chi connectivity index (χ3n) is 4.19. The van der Waals surface area contributed by atoms with Crippen molar-refractivity contribution in [3.8, 4) is 11.5 Å². The summed E-state index contributed by atoms with van der Waals surface area (Å²) in [6, 6.07) is 14.8. The smallest absolute Gasteiger partial charge is 0.131 e. The Morgan fingerprint density at radius 1 is 1.05 bits per heavy atom. The molecule has 1 atom stereocenters. The van der Waals surface area contributed by atoms with Gasteiger partial charge in [-0.1, -0.05) is 55.0 Å². The molecule has 0 bridgehead atoms. The van der Waals surface area contributed by atoms with Crippen molar-refractivity contribution < 1.29 is 4.74 Å². The Bertz CT molecular complexity index is 669. The van der Waals surface area contributed by atoms with Gasteiger partial charge in [-0.25, -0.2) is 0 Å². The molecule has 1 nitrogen and oxygen atoms in total. The standard InChI is InChI=1S/C19H20O/c1-4-5-12-19(3)15-8-6-7-9-17(15)20-18-11-10-14(2)13-16(18)19/h4-11,13H,12H2,1-3H3/b5-4-. The summed E-state index contributed by atoms with van der Waals surface area (Å²) in [5.41, 5.74) is 3.81. The van der Waals surface area contributed by atoms with Crippen molar-refractivity contribution in [2.75, 3.05) is 0 Å². The zero-order valence-electron chi connectivity index (χ0n) is 12.3. The number of hydrogen-bond donors (Lipinski definition) is 0. The normalized spacial score (nSPS) is 20.4. The Balaban J connectivity index is 2.23. The van der Waals surface area contributed by atoms with Gasteiger partial charge < -0.3 is 4.74 Å². The van der Waals surface area contributed by atoms with E-state index in [1.165, 1.54) is 16.7 Å². The summed E-state index contributed by atoms with van der Waals surface area (Å²) >= 11 is 0. The molecule has 1 heteroatoms. The number of ether oxygens (including phenoxy) is 1. The van der Waals surface area contributed by atoms with Gasteiger partial charge in [-0.3, -0.25) is 0 Å². The number of allylic oxidation sites excluding steroid dienone is 2. The fraction of sp³-hybridized carbons (Fsp3) is 0.263. The molecule has 0 aromatic heterocycles. The molecule has 0 radical (unpaired) electrons. The first-order chi connectivity index (χ1) is 9.65. The van der Waals surface area contributed by atoms with Gasteiger partial charge in [-0.05, 0) is 32.4 Å². The first-order valence-corrected chi connectivity index (χ1v) is 7.15. The minimum Gasteiger partial charge on any atom is -0.457 e. The molecule has 0 saturated heterocycles. The Labute approximate surface area is 120 Å². The first kappa shape index (κ1) is 13.0. The van der Waals surface area contributed by atoms with E-state index in [9.17, 15) is 0 Å². The minimum absolute atomic E-state index is 0.0251. The van der Waals surface area contributed by atoms with Crippen molar-refractivity contribution in [1.82, 2.24) is 0 Å². The molecule has 0 saturated carbocycles. The van der Waals surface area contributed by atoms with Crippen molar-refractivity contribution >= 4 is 0 Å². The molecule has 3 rings (SSSR count). The first-order valence-electron chi connectivity index (χ1n) is 7.15. The maximum atomic E-state index is 6.08. The Hall–Kier alpha value is -2.02. The second-order valence-corrected chi connectivity index (χ2v) is 5.70. The van der Waals surface area contributed by atoms with Crippen LogP contribution in [0, 0.1) is 6.92 Å². The van der Waals surface area contributed by atoms with Gasteiger partial charge in [0, 0.05) is 16.5 Å². The second kappa shape index (κ2) is 4.82. The average molecular weight is 264 g/mol. The molecule has 0 fully saturated rings. The van der Waals surface area contributed by atoms with Gasteiger partial charge in [0.1, 0.15) is 11.5 Å². The van der Waals surface area contributed by atoms with Crippen molar-refractivity contribution in [3.63, 3.8) is 0 Å². The van der Waals surface area contributed by atoms with Crippen molar-refractivity contribution in [3.05, 3.63) is 71.3 Å². The van der Waals surface area contributed by atoms with Crippen LogP contribution in [-0.2, 0) is 5.41 Å². The van der Waals surface area contributed by atoms with Crippen LogP contribution in [0.1, 0.15) is 37.0 Å². The molecule has 0 amide bonds. The van der Waals surface area contributed by atoms with E-state index >= 15 is 0 Å². The summed E-state index contributed by atoms with van der Waals surface area (Å²) in [7, 11) is 0. The molecule has 0 aliphatic carbocycles. The zero-order chi connectivity index (χ0) is 14.2. The van der Waals surface area contributed by atoms with E-state index in [1.807, 2.05) is 6.07 Å². The van der Waals surface area contributed by atoms with Gasteiger partial charge in [0.15, 0.2) is 0 Å². The molecular weight excluding hydrogens is 244 g/mol. The summed E-state index contributed by atoms with van der Waals surface area (Å²) in [5.74, 6) is 1.97. The summed E-state index contributed by atoms with van der Waals surface area (Å²) in [4.78, 5) is 0. The zero-order valence-corrected chi connectivity index (χ0v) is 12.3. The van der Waals surface area contributed by atoms with Gasteiger partial charge in [0.2, 0.25) is 0 Å². The van der Waals surface area contributed by atoms with Gasteiger partial charge in [0.05, 0.1) is 0 Å². The lowest BCUT2D eigenvalue weighted by molar-refractivity contribution is 0.406. The molecule has 0 N–H and O–H groups in total. The van der Waals surface area contributed by atoms with E-state index < -0.39 is 0 Å². The van der Waals surface area contributed by atoms with Gasteiger partial charge in [-0.15, -0.1) is 0 Å². The minimum atomic E-state index is -0.0251. The monoisotopic (exact) mass is 264 g/mol. The predicted octanol–water partition coefficient (Wildman–Crippen LogP) is 5.37. The lowest BCUT2D eigenvalue weighted by Gasteiger charge is -2.37. The maximum Gasteiger partial charge on any atom is 0.131 e. The highest BCUT2D eigenvalue weighted by Crippen LogP contribution is 2.49. The van der Waals surface area contributed by atoms with Crippen LogP contribution in [0.3, 0.4) is 0 Å². The number of aryl methyl sites for hydroxylation is 1. The largest absolute Gasteiger partial charge is 0.457 e. The average Bonchev–Trinajstić information content (AvgIpc) is 2.47. The third-order valence-corrected chi connectivity index (χ3v) is 4.19.